The zero-order valence-corrected chi connectivity index (χ0v) is 14.4. The monoisotopic (exact) mass is 344 g/mol. The van der Waals surface area contributed by atoms with Crippen LogP contribution in [-0.4, -0.2) is 0 Å². The quantitative estimate of drug-likeness (QED) is 0.681. The Hall–Kier alpha value is -3.52. The minimum atomic E-state index is -0.619. The number of fused-ring (bicyclic) bond motifs is 3. The van der Waals surface area contributed by atoms with Gasteiger partial charge >= 0.3 is 5.63 Å². The van der Waals surface area contributed by atoms with Crippen LogP contribution in [-0.2, 0) is 0 Å². The van der Waals surface area contributed by atoms with E-state index in [-0.39, 0.29) is 11.5 Å². The van der Waals surface area contributed by atoms with Gasteiger partial charge in [0.25, 0.3) is 0 Å². The van der Waals surface area contributed by atoms with E-state index in [9.17, 15) is 10.1 Å². The third kappa shape index (κ3) is 2.27. The molecule has 5 nitrogen and oxygen atoms in total. The Bertz CT molecular complexity index is 1170. The Morgan fingerprint density at radius 3 is 2.58 bits per heavy atom. The highest BCUT2D eigenvalue weighted by Crippen LogP contribution is 2.44. The van der Waals surface area contributed by atoms with Crippen LogP contribution in [0.3, 0.4) is 0 Å². The van der Waals surface area contributed by atoms with Gasteiger partial charge in [0, 0.05) is 0 Å². The molecule has 5 heteroatoms. The zero-order valence-electron chi connectivity index (χ0n) is 14.4. The summed E-state index contributed by atoms with van der Waals surface area (Å²) < 4.78 is 11.4. The normalized spacial score (nSPS) is 16.1. The molecule has 0 aliphatic carbocycles. The summed E-state index contributed by atoms with van der Waals surface area (Å²) in [4.78, 5) is 12.8. The highest BCUT2D eigenvalue weighted by Gasteiger charge is 2.35. The Kier molecular flexibility index (Phi) is 3.55. The van der Waals surface area contributed by atoms with Crippen LogP contribution in [0.25, 0.3) is 11.0 Å². The van der Waals surface area contributed by atoms with E-state index >= 15 is 0 Å². The van der Waals surface area contributed by atoms with Crippen molar-refractivity contribution >= 4 is 11.0 Å². The van der Waals surface area contributed by atoms with E-state index in [1.54, 1.807) is 6.07 Å². The topological polar surface area (TPSA) is 89.2 Å². The van der Waals surface area contributed by atoms with Gasteiger partial charge in [0.2, 0.25) is 5.88 Å². The molecule has 0 bridgehead atoms. The summed E-state index contributed by atoms with van der Waals surface area (Å²) in [6.07, 6.45) is 0. The number of aryl methyl sites for hydroxylation is 2. The summed E-state index contributed by atoms with van der Waals surface area (Å²) in [5.41, 5.74) is 9.18. The number of nitrogens with zero attached hydrogens (tertiary/aromatic N) is 1. The summed E-state index contributed by atoms with van der Waals surface area (Å²) in [5, 5.41) is 10.3. The highest BCUT2D eigenvalue weighted by atomic mass is 16.5. The number of rotatable bonds is 1. The van der Waals surface area contributed by atoms with Crippen molar-refractivity contribution in [2.45, 2.75) is 19.8 Å². The van der Waals surface area contributed by atoms with Gasteiger partial charge in [-0.3, -0.25) is 0 Å². The molecule has 1 atom stereocenters. The second-order valence-electron chi connectivity index (χ2n) is 6.42. The van der Waals surface area contributed by atoms with Gasteiger partial charge in [-0.15, -0.1) is 0 Å². The van der Waals surface area contributed by atoms with E-state index in [0.717, 1.165) is 16.7 Å². The van der Waals surface area contributed by atoms with Gasteiger partial charge in [-0.25, -0.2) is 4.79 Å². The predicted octanol–water partition coefficient (Wildman–Crippen LogP) is 3.63. The fourth-order valence-electron chi connectivity index (χ4n) is 3.59. The molecule has 4 rings (SSSR count). The SMILES string of the molecule is Cc1cc(C)c2c3c(c(=O)oc2c1)[C@H](c1ccccc1)C(C#N)=C(N)O3. The number of allylic oxidation sites excluding steroid dienone is 1. The van der Waals surface area contributed by atoms with Crippen molar-refractivity contribution < 1.29 is 9.15 Å². The molecule has 0 fully saturated rings. The summed E-state index contributed by atoms with van der Waals surface area (Å²) in [5.74, 6) is -0.230. The number of hydrogen-bond donors (Lipinski definition) is 1. The molecule has 2 heterocycles. The highest BCUT2D eigenvalue weighted by molar-refractivity contribution is 5.89. The summed E-state index contributed by atoms with van der Waals surface area (Å²) in [7, 11) is 0. The summed E-state index contributed by atoms with van der Waals surface area (Å²) in [6, 6.07) is 15.2. The number of hydrogen-bond acceptors (Lipinski definition) is 5. The molecule has 2 aromatic carbocycles. The van der Waals surface area contributed by atoms with Crippen molar-refractivity contribution in [3.63, 3.8) is 0 Å². The van der Waals surface area contributed by atoms with Gasteiger partial charge in [0.1, 0.15) is 17.2 Å². The smallest absolute Gasteiger partial charge is 0.344 e. The number of ether oxygens (including phenoxy) is 1. The van der Waals surface area contributed by atoms with E-state index in [4.69, 9.17) is 14.9 Å². The van der Waals surface area contributed by atoms with E-state index in [2.05, 4.69) is 6.07 Å². The average Bonchev–Trinajstić information content (AvgIpc) is 2.60. The number of nitrogens with two attached hydrogens (primary N) is 1. The predicted molar refractivity (Wildman–Crippen MR) is 97.7 cm³/mol. The van der Waals surface area contributed by atoms with Crippen LogP contribution >= 0.6 is 0 Å². The third-order valence-corrected chi connectivity index (χ3v) is 4.65. The molecule has 0 amide bonds. The molecule has 0 saturated carbocycles. The van der Waals surface area contributed by atoms with E-state index in [0.29, 0.717) is 22.3 Å². The molecule has 0 spiro atoms. The van der Waals surface area contributed by atoms with E-state index < -0.39 is 11.5 Å². The van der Waals surface area contributed by atoms with Crippen molar-refractivity contribution in [1.29, 1.82) is 5.26 Å². The van der Waals surface area contributed by atoms with Gasteiger partial charge in [-0.2, -0.15) is 5.26 Å². The van der Waals surface area contributed by atoms with Crippen molar-refractivity contribution in [3.05, 3.63) is 86.6 Å². The molecule has 1 aliphatic rings. The maximum absolute atomic E-state index is 12.8. The molecule has 2 N–H and O–H groups in total. The molecular formula is C21H16N2O3. The first kappa shape index (κ1) is 16.0. The number of nitriles is 1. The lowest BCUT2D eigenvalue weighted by Gasteiger charge is -2.26. The van der Waals surface area contributed by atoms with Crippen LogP contribution in [0.4, 0.5) is 0 Å². The van der Waals surface area contributed by atoms with Crippen molar-refractivity contribution in [2.75, 3.05) is 0 Å². The van der Waals surface area contributed by atoms with Gasteiger partial charge in [-0.1, -0.05) is 36.4 Å². The van der Waals surface area contributed by atoms with Crippen LogP contribution < -0.4 is 16.1 Å². The molecule has 1 aliphatic heterocycles. The molecule has 3 aromatic rings. The summed E-state index contributed by atoms with van der Waals surface area (Å²) >= 11 is 0. The first-order valence-electron chi connectivity index (χ1n) is 8.21. The number of benzene rings is 2. The third-order valence-electron chi connectivity index (χ3n) is 4.65. The van der Waals surface area contributed by atoms with Crippen molar-refractivity contribution in [3.8, 4) is 11.8 Å². The average molecular weight is 344 g/mol. The lowest BCUT2D eigenvalue weighted by molar-refractivity contribution is 0.388. The van der Waals surface area contributed by atoms with Crippen molar-refractivity contribution in [2.24, 2.45) is 5.73 Å². The molecule has 0 radical (unpaired) electrons. The molecule has 1 aromatic heterocycles. The Morgan fingerprint density at radius 1 is 1.15 bits per heavy atom. The van der Waals surface area contributed by atoms with Gasteiger partial charge < -0.3 is 14.9 Å². The van der Waals surface area contributed by atoms with Crippen LogP contribution in [0.5, 0.6) is 5.75 Å². The molecule has 128 valence electrons. The maximum atomic E-state index is 12.8. The van der Waals surface area contributed by atoms with Crippen molar-refractivity contribution in [1.82, 2.24) is 0 Å². The molecule has 26 heavy (non-hydrogen) atoms. The second kappa shape index (κ2) is 5.78. The van der Waals surface area contributed by atoms with Crippen LogP contribution in [0.2, 0.25) is 0 Å². The Labute approximate surface area is 149 Å². The fourth-order valence-corrected chi connectivity index (χ4v) is 3.59. The minimum Gasteiger partial charge on any atom is -0.439 e. The molecule has 0 saturated heterocycles. The van der Waals surface area contributed by atoms with Crippen LogP contribution in [0, 0.1) is 25.2 Å². The molecular weight excluding hydrogens is 328 g/mol. The fraction of sp³-hybridized carbons (Fsp3) is 0.143. The summed E-state index contributed by atoms with van der Waals surface area (Å²) in [6.45, 7) is 3.86. The first-order valence-corrected chi connectivity index (χ1v) is 8.21. The lowest BCUT2D eigenvalue weighted by Crippen LogP contribution is -2.26. The Morgan fingerprint density at radius 2 is 1.88 bits per heavy atom. The standard InChI is InChI=1S/C21H16N2O3/c1-11-8-12(2)16-15(9-11)25-21(24)18-17(13-6-4-3-5-7-13)14(10-22)20(23)26-19(16)18/h3-9,17H,23H2,1-2H3/t17-/m1/s1. The van der Waals surface area contributed by atoms with Gasteiger partial charge in [-0.05, 0) is 36.6 Å². The molecule has 0 unspecified atom stereocenters. The van der Waals surface area contributed by atoms with E-state index in [1.807, 2.05) is 50.2 Å². The van der Waals surface area contributed by atoms with Gasteiger partial charge in [0.05, 0.1) is 16.9 Å². The maximum Gasteiger partial charge on any atom is 0.344 e. The Balaban J connectivity index is 2.13. The van der Waals surface area contributed by atoms with Gasteiger partial charge in [0.15, 0.2) is 5.75 Å². The van der Waals surface area contributed by atoms with Crippen LogP contribution in [0.1, 0.15) is 28.2 Å². The van der Waals surface area contributed by atoms with Crippen LogP contribution in [0.15, 0.2) is 63.1 Å². The first-order chi connectivity index (χ1) is 12.5. The van der Waals surface area contributed by atoms with E-state index in [1.165, 1.54) is 0 Å². The largest absolute Gasteiger partial charge is 0.439 e. The lowest BCUT2D eigenvalue weighted by atomic mass is 9.83. The zero-order chi connectivity index (χ0) is 18.4. The minimum absolute atomic E-state index is 0.0146. The second-order valence-corrected chi connectivity index (χ2v) is 6.42.